The van der Waals surface area contributed by atoms with E-state index in [1.165, 1.54) is 0 Å². The van der Waals surface area contributed by atoms with E-state index in [4.69, 9.17) is 28.4 Å². The molecule has 0 aromatic heterocycles. The molecule has 0 radical (unpaired) electrons. The second-order valence-corrected chi connectivity index (χ2v) is 14.4. The molecule has 0 unspecified atom stereocenters. The summed E-state index contributed by atoms with van der Waals surface area (Å²) in [6.45, 7) is 42.9. The van der Waals surface area contributed by atoms with E-state index in [1.54, 1.807) is 0 Å². The van der Waals surface area contributed by atoms with E-state index in [-0.39, 0.29) is 75.4 Å². The predicted octanol–water partition coefficient (Wildman–Crippen LogP) is -0.836. The first-order valence-corrected chi connectivity index (χ1v) is 20.9. The molecule has 0 aliphatic rings. The van der Waals surface area contributed by atoms with Crippen LogP contribution in [0.3, 0.4) is 0 Å². The minimum absolute atomic E-state index is 0. The number of hydrogen-bond acceptors (Lipinski definition) is 6. The van der Waals surface area contributed by atoms with Gasteiger partial charge in [-0.15, -0.1) is 48.3 Å². The molecule has 10 nitrogen and oxygen atoms in total. The maximum absolute atomic E-state index is 5.64. The maximum Gasteiger partial charge on any atom is 1.00 e. The van der Waals surface area contributed by atoms with Crippen molar-refractivity contribution in [2.45, 2.75) is 198 Å². The van der Waals surface area contributed by atoms with Gasteiger partial charge in [0, 0.05) is 79.3 Å². The van der Waals surface area contributed by atoms with Crippen LogP contribution < -0.4 is 75.4 Å². The molecule has 320 valence electrons. The van der Waals surface area contributed by atoms with Crippen molar-refractivity contribution in [1.29, 1.82) is 0 Å². The summed E-state index contributed by atoms with van der Waals surface area (Å²) in [5.74, 6) is 0. The van der Waals surface area contributed by atoms with E-state index < -0.39 is 0 Å². The van der Waals surface area contributed by atoms with Gasteiger partial charge in [0.05, 0.1) is 0 Å². The molecule has 0 amide bonds. The summed E-state index contributed by atoms with van der Waals surface area (Å²) in [5.41, 5.74) is 0. The fraction of sp³-hybridized carbons (Fsp3) is 1.00. The smallest absolute Gasteiger partial charge is 0.656 e. The molecule has 4 atom stereocenters. The fourth-order valence-electron chi connectivity index (χ4n) is 4.80. The first-order valence-electron chi connectivity index (χ1n) is 20.9. The number of nitrogens with zero attached hydrogens (tertiary/aromatic N) is 4. The Balaban J connectivity index is -0.000000104. The van der Waals surface area contributed by atoms with Gasteiger partial charge < -0.3 is 49.7 Å². The summed E-state index contributed by atoms with van der Waals surface area (Å²) >= 11 is 0. The van der Waals surface area contributed by atoms with Crippen molar-refractivity contribution in [2.75, 3.05) is 79.3 Å². The van der Waals surface area contributed by atoms with Gasteiger partial charge in [0.25, 0.3) is 0 Å². The average molecular weight is 777 g/mol. The van der Waals surface area contributed by atoms with Gasteiger partial charge in [-0.3, -0.25) is 0 Å². The SMILES string of the molecule is CC(C)[N-][C@@H](C)COCCCCCOC[C@H](C)[N-]C(C)C.CC(C)[N-][C@@H](C)COCCCCCOC[C@H](C)[N-]C(C)C.CCOCC.CCOCC.[Li+].[Li+].[Li+].[Li+]. The molecule has 0 aromatic carbocycles. The van der Waals surface area contributed by atoms with Crippen molar-refractivity contribution in [1.82, 2.24) is 0 Å². The largest absolute Gasteiger partial charge is 1.00 e. The van der Waals surface area contributed by atoms with Crippen LogP contribution in [0.25, 0.3) is 21.3 Å². The molecular weight excluding hydrogens is 684 g/mol. The van der Waals surface area contributed by atoms with Gasteiger partial charge in [-0.1, -0.05) is 83.1 Å². The number of rotatable bonds is 32. The van der Waals surface area contributed by atoms with Gasteiger partial charge in [-0.25, -0.2) is 0 Å². The van der Waals surface area contributed by atoms with E-state index in [2.05, 4.69) is 104 Å². The summed E-state index contributed by atoms with van der Waals surface area (Å²) in [7, 11) is 0. The third-order valence-corrected chi connectivity index (χ3v) is 6.62. The van der Waals surface area contributed by atoms with Crippen LogP contribution in [0.1, 0.15) is 149 Å². The first-order chi connectivity index (χ1) is 24.7. The molecule has 0 N–H and O–H groups in total. The van der Waals surface area contributed by atoms with Gasteiger partial charge >= 0.3 is 75.4 Å². The van der Waals surface area contributed by atoms with Crippen molar-refractivity contribution >= 4 is 0 Å². The van der Waals surface area contributed by atoms with Crippen molar-refractivity contribution in [3.05, 3.63) is 21.3 Å². The molecule has 0 spiro atoms. The van der Waals surface area contributed by atoms with Crippen molar-refractivity contribution in [3.8, 4) is 0 Å². The molecule has 0 rings (SSSR count). The van der Waals surface area contributed by atoms with Gasteiger partial charge in [0.15, 0.2) is 0 Å². The van der Waals surface area contributed by atoms with Crippen LogP contribution in [-0.4, -0.2) is 128 Å². The van der Waals surface area contributed by atoms with Crippen molar-refractivity contribution in [3.63, 3.8) is 0 Å². The number of unbranched alkanes of at least 4 members (excludes halogenated alkanes) is 4. The average Bonchev–Trinajstić information content (AvgIpc) is 3.03. The molecule has 0 heterocycles. The maximum atomic E-state index is 5.64. The summed E-state index contributed by atoms with van der Waals surface area (Å²) in [6, 6.07) is 2.80. The fourth-order valence-corrected chi connectivity index (χ4v) is 4.80. The minimum Gasteiger partial charge on any atom is -0.656 e. The van der Waals surface area contributed by atoms with Crippen LogP contribution >= 0.6 is 0 Å². The Bertz CT molecular complexity index is 552. The molecular formula is C42H92Li4N4O6. The van der Waals surface area contributed by atoms with Gasteiger partial charge in [0.1, 0.15) is 0 Å². The minimum atomic E-state index is 0. The van der Waals surface area contributed by atoms with Crippen LogP contribution in [-0.2, 0) is 28.4 Å². The number of ether oxygens (including phenoxy) is 6. The second kappa shape index (κ2) is 61.3. The van der Waals surface area contributed by atoms with Crippen molar-refractivity contribution < 1.29 is 104 Å². The quantitative estimate of drug-likeness (QED) is 0.0652. The molecule has 0 fully saturated rings. The van der Waals surface area contributed by atoms with E-state index in [1.807, 2.05) is 27.7 Å². The van der Waals surface area contributed by atoms with E-state index >= 15 is 0 Å². The van der Waals surface area contributed by atoms with E-state index in [9.17, 15) is 0 Å². The zero-order valence-corrected chi connectivity index (χ0v) is 41.6. The molecule has 0 saturated carbocycles. The normalized spacial score (nSPS) is 12.6. The standard InChI is InChI=1S/2C17H36N2O2.2C4H10O.4Li/c2*1-14(2)18-16(5)12-20-10-8-7-9-11-21-13-17(6)19-15(3)4;2*1-3-5-4-2;;;;/h2*14-17H,7-13H2,1-6H3;2*3-4H2,1-2H3;;;;/q2*-2;;;4*+1/t2*16-,17-;;;;;;/m00....../s1. The Morgan fingerprint density at radius 2 is 0.464 bits per heavy atom. The zero-order chi connectivity index (χ0) is 40.4. The molecule has 0 aliphatic carbocycles. The van der Waals surface area contributed by atoms with Gasteiger partial charge in [0.2, 0.25) is 0 Å². The topological polar surface area (TPSA) is 112 Å². The monoisotopic (exact) mass is 777 g/mol. The molecule has 0 bridgehead atoms. The summed E-state index contributed by atoms with van der Waals surface area (Å²) < 4.78 is 32.2. The molecule has 14 heteroatoms. The van der Waals surface area contributed by atoms with Gasteiger partial charge in [-0.2, -0.15) is 0 Å². The van der Waals surface area contributed by atoms with E-state index in [0.29, 0.717) is 48.3 Å². The van der Waals surface area contributed by atoms with Crippen LogP contribution in [0.5, 0.6) is 0 Å². The van der Waals surface area contributed by atoms with E-state index in [0.717, 1.165) is 118 Å². The van der Waals surface area contributed by atoms with Crippen LogP contribution in [0.2, 0.25) is 0 Å². The Labute approximate surface area is 399 Å². The third kappa shape index (κ3) is 80.0. The zero-order valence-electron chi connectivity index (χ0n) is 41.6. The van der Waals surface area contributed by atoms with Crippen LogP contribution in [0.15, 0.2) is 0 Å². The number of hydrogen-bond donors (Lipinski definition) is 0. The predicted molar refractivity (Wildman–Crippen MR) is 227 cm³/mol. The molecule has 0 aromatic rings. The van der Waals surface area contributed by atoms with Crippen molar-refractivity contribution in [2.24, 2.45) is 0 Å². The second-order valence-electron chi connectivity index (χ2n) is 14.4. The molecule has 56 heavy (non-hydrogen) atoms. The third-order valence-electron chi connectivity index (χ3n) is 6.62. The Morgan fingerprint density at radius 3 is 0.589 bits per heavy atom. The Morgan fingerprint density at radius 1 is 0.286 bits per heavy atom. The summed E-state index contributed by atoms with van der Waals surface area (Å²) in [6.07, 6.45) is 6.72. The summed E-state index contributed by atoms with van der Waals surface area (Å²) in [5, 5.41) is 18.1. The Kier molecular flexibility index (Phi) is 82.5. The van der Waals surface area contributed by atoms with Crippen LogP contribution in [0, 0.1) is 0 Å². The first kappa shape index (κ1) is 75.4. The molecule has 0 aliphatic heterocycles. The Hall–Kier alpha value is 1.99. The van der Waals surface area contributed by atoms with Gasteiger partial charge in [-0.05, 0) is 66.2 Å². The molecule has 0 saturated heterocycles. The van der Waals surface area contributed by atoms with Crippen LogP contribution in [0.4, 0.5) is 0 Å². The summed E-state index contributed by atoms with van der Waals surface area (Å²) in [4.78, 5) is 0.